The minimum Gasteiger partial charge on any atom is -0.481 e. The van der Waals surface area contributed by atoms with Gasteiger partial charge in [0.25, 0.3) is 0 Å². The van der Waals surface area contributed by atoms with E-state index in [1.54, 1.807) is 18.2 Å². The molecule has 0 spiro atoms. The Hall–Kier alpha value is -1.88. The second-order valence-electron chi connectivity index (χ2n) is 2.85. The summed E-state index contributed by atoms with van der Waals surface area (Å²) in [4.78, 5) is 21.3. The molecule has 0 heterocycles. The molecule has 0 fully saturated rings. The van der Waals surface area contributed by atoms with E-state index in [-0.39, 0.29) is 5.75 Å². The maximum Gasteiger partial charge on any atom is 0.340 e. The monoisotopic (exact) mass is 210 g/mol. The van der Waals surface area contributed by atoms with E-state index >= 15 is 0 Å². The molecule has 1 rings (SSSR count). The largest absolute Gasteiger partial charge is 0.481 e. The van der Waals surface area contributed by atoms with Crippen molar-refractivity contribution in [2.75, 3.05) is 0 Å². The van der Waals surface area contributed by atoms with Crippen LogP contribution in [-0.2, 0) is 9.59 Å². The average molecular weight is 210 g/mol. The number of carboxylic acids is 1. The van der Waals surface area contributed by atoms with Crippen molar-refractivity contribution in [3.63, 3.8) is 0 Å². The summed E-state index contributed by atoms with van der Waals surface area (Å²) in [6, 6.07) is 8.13. The van der Waals surface area contributed by atoms with E-state index in [1.807, 2.05) is 0 Å². The van der Waals surface area contributed by atoms with Crippen molar-refractivity contribution < 1.29 is 24.5 Å². The Morgan fingerprint density at radius 3 is 2.40 bits per heavy atom. The van der Waals surface area contributed by atoms with Crippen molar-refractivity contribution in [1.82, 2.24) is 0 Å². The fraction of sp³-hybridized carbons (Fsp3) is 0.200. The smallest absolute Gasteiger partial charge is 0.340 e. The van der Waals surface area contributed by atoms with Crippen molar-refractivity contribution in [1.29, 1.82) is 0 Å². The molecule has 1 unspecified atom stereocenters. The number of aliphatic carboxylic acids is 1. The molecule has 0 saturated heterocycles. The predicted octanol–water partition coefficient (Wildman–Crippen LogP) is 0.428. The minimum absolute atomic E-state index is 0.270. The van der Waals surface area contributed by atoms with E-state index in [1.165, 1.54) is 12.1 Å². The molecule has 0 radical (unpaired) electrons. The van der Waals surface area contributed by atoms with Crippen LogP contribution in [0.5, 0.6) is 5.75 Å². The van der Waals surface area contributed by atoms with Crippen molar-refractivity contribution in [2.45, 2.75) is 12.5 Å². The van der Waals surface area contributed by atoms with Gasteiger partial charge in [-0.15, -0.1) is 0 Å². The topological polar surface area (TPSA) is 83.8 Å². The van der Waals surface area contributed by atoms with Crippen LogP contribution >= 0.6 is 0 Å². The molecule has 1 aromatic carbocycles. The summed E-state index contributed by atoms with van der Waals surface area (Å²) >= 11 is 0. The zero-order valence-corrected chi connectivity index (χ0v) is 7.79. The first-order valence-electron chi connectivity index (χ1n) is 4.26. The molecule has 0 bridgehead atoms. The molecule has 0 aromatic heterocycles. The van der Waals surface area contributed by atoms with Crippen LogP contribution in [0.3, 0.4) is 0 Å². The molecule has 5 nitrogen and oxygen atoms in total. The van der Waals surface area contributed by atoms with Crippen molar-refractivity contribution in [3.8, 4) is 5.75 Å². The molecule has 80 valence electrons. The number of para-hydroxylation sites is 1. The van der Waals surface area contributed by atoms with Gasteiger partial charge in [0.2, 0.25) is 0 Å². The van der Waals surface area contributed by atoms with E-state index in [2.05, 4.69) is 0 Å². The number of carboxylic acid groups (broad SMARTS) is 1. The Morgan fingerprint density at radius 2 is 1.87 bits per heavy atom. The summed E-state index contributed by atoms with van der Waals surface area (Å²) in [7, 11) is 0. The molecule has 0 amide bonds. The number of aliphatic hydroxyl groups excluding tert-OH is 1. The number of ether oxygens (including phenoxy) is 1. The third-order valence-electron chi connectivity index (χ3n) is 1.60. The molecule has 0 aliphatic carbocycles. The van der Waals surface area contributed by atoms with Gasteiger partial charge in [0.05, 0.1) is 6.42 Å². The summed E-state index contributed by atoms with van der Waals surface area (Å²) in [5, 5.41) is 17.4. The van der Waals surface area contributed by atoms with Crippen molar-refractivity contribution in [2.24, 2.45) is 0 Å². The number of carbonyl (C=O) groups is 2. The standard InChI is InChI=1S/C10H10O5/c11-8(6-9(12)13)10(14)15-7-4-2-1-3-5-7/h1-5,8,11H,6H2,(H,12,13). The van der Waals surface area contributed by atoms with E-state index in [4.69, 9.17) is 14.9 Å². The lowest BCUT2D eigenvalue weighted by molar-refractivity contribution is -0.150. The predicted molar refractivity (Wildman–Crippen MR) is 50.3 cm³/mol. The number of rotatable bonds is 4. The molecule has 15 heavy (non-hydrogen) atoms. The van der Waals surface area contributed by atoms with Crippen LogP contribution in [0.2, 0.25) is 0 Å². The molecule has 5 heteroatoms. The Morgan fingerprint density at radius 1 is 1.27 bits per heavy atom. The first-order valence-corrected chi connectivity index (χ1v) is 4.26. The number of hydrogen-bond acceptors (Lipinski definition) is 4. The summed E-state index contributed by atoms with van der Waals surface area (Å²) in [6.45, 7) is 0. The van der Waals surface area contributed by atoms with Gasteiger partial charge in [-0.25, -0.2) is 4.79 Å². The zero-order chi connectivity index (χ0) is 11.3. The summed E-state index contributed by atoms with van der Waals surface area (Å²) in [5.41, 5.74) is 0. The minimum atomic E-state index is -1.64. The van der Waals surface area contributed by atoms with Crippen LogP contribution in [0.25, 0.3) is 0 Å². The first-order chi connectivity index (χ1) is 7.09. The van der Waals surface area contributed by atoms with Crippen LogP contribution in [0.15, 0.2) is 30.3 Å². The van der Waals surface area contributed by atoms with Crippen LogP contribution < -0.4 is 4.74 Å². The number of aliphatic hydroxyl groups is 1. The highest BCUT2D eigenvalue weighted by Crippen LogP contribution is 2.09. The Labute approximate surface area is 85.9 Å². The highest BCUT2D eigenvalue weighted by atomic mass is 16.5. The lowest BCUT2D eigenvalue weighted by atomic mass is 10.2. The lowest BCUT2D eigenvalue weighted by Crippen LogP contribution is -2.28. The van der Waals surface area contributed by atoms with Gasteiger partial charge in [0, 0.05) is 0 Å². The van der Waals surface area contributed by atoms with Gasteiger partial charge < -0.3 is 14.9 Å². The van der Waals surface area contributed by atoms with Gasteiger partial charge in [-0.1, -0.05) is 18.2 Å². The number of hydrogen-bond donors (Lipinski definition) is 2. The van der Waals surface area contributed by atoms with Crippen molar-refractivity contribution in [3.05, 3.63) is 30.3 Å². The fourth-order valence-electron chi connectivity index (χ4n) is 0.921. The molecule has 0 aliphatic rings. The zero-order valence-electron chi connectivity index (χ0n) is 7.79. The lowest BCUT2D eigenvalue weighted by Gasteiger charge is -2.07. The Balaban J connectivity index is 2.52. The quantitative estimate of drug-likeness (QED) is 0.556. The average Bonchev–Trinajstić information content (AvgIpc) is 2.18. The van der Waals surface area contributed by atoms with Crippen molar-refractivity contribution >= 4 is 11.9 Å². The second-order valence-corrected chi connectivity index (χ2v) is 2.85. The van der Waals surface area contributed by atoms with Gasteiger partial charge in [-0.3, -0.25) is 4.79 Å². The Kier molecular flexibility index (Phi) is 3.82. The van der Waals surface area contributed by atoms with E-state index in [9.17, 15) is 9.59 Å². The molecular weight excluding hydrogens is 200 g/mol. The van der Waals surface area contributed by atoms with Crippen LogP contribution in [0.1, 0.15) is 6.42 Å². The summed E-state index contributed by atoms with van der Waals surface area (Å²) in [6.07, 6.45) is -2.30. The second kappa shape index (κ2) is 5.11. The van der Waals surface area contributed by atoms with Gasteiger partial charge in [-0.05, 0) is 12.1 Å². The van der Waals surface area contributed by atoms with Crippen LogP contribution in [0, 0.1) is 0 Å². The maximum atomic E-state index is 11.1. The maximum absolute atomic E-state index is 11.1. The molecule has 2 N–H and O–H groups in total. The molecule has 1 aromatic rings. The Bertz CT molecular complexity index is 346. The van der Waals surface area contributed by atoms with E-state index in [0.717, 1.165) is 0 Å². The summed E-state index contributed by atoms with van der Waals surface area (Å²) in [5.74, 6) is -1.96. The van der Waals surface area contributed by atoms with Crippen LogP contribution in [-0.4, -0.2) is 28.3 Å². The van der Waals surface area contributed by atoms with Gasteiger partial charge >= 0.3 is 11.9 Å². The first kappa shape index (κ1) is 11.2. The van der Waals surface area contributed by atoms with E-state index < -0.39 is 24.5 Å². The third-order valence-corrected chi connectivity index (χ3v) is 1.60. The van der Waals surface area contributed by atoms with Gasteiger partial charge in [-0.2, -0.15) is 0 Å². The fourth-order valence-corrected chi connectivity index (χ4v) is 0.921. The normalized spacial score (nSPS) is 11.8. The SMILES string of the molecule is O=C(O)CC(O)C(=O)Oc1ccccc1. The molecule has 0 aliphatic heterocycles. The number of benzene rings is 1. The molecule has 0 saturated carbocycles. The summed E-state index contributed by atoms with van der Waals surface area (Å²) < 4.78 is 4.72. The number of carbonyl (C=O) groups excluding carboxylic acids is 1. The highest BCUT2D eigenvalue weighted by molar-refractivity contribution is 5.82. The van der Waals surface area contributed by atoms with Gasteiger partial charge in [0.15, 0.2) is 6.10 Å². The number of esters is 1. The van der Waals surface area contributed by atoms with Crippen LogP contribution in [0.4, 0.5) is 0 Å². The van der Waals surface area contributed by atoms with E-state index in [0.29, 0.717) is 0 Å². The molecule has 1 atom stereocenters. The molecular formula is C10H10O5. The highest BCUT2D eigenvalue weighted by Gasteiger charge is 2.20. The van der Waals surface area contributed by atoms with Gasteiger partial charge in [0.1, 0.15) is 5.75 Å². The third kappa shape index (κ3) is 3.78.